The maximum atomic E-state index is 12.0. The quantitative estimate of drug-likeness (QED) is 0.815. The molecule has 0 saturated heterocycles. The lowest BCUT2D eigenvalue weighted by atomic mass is 10.1. The molecule has 2 rings (SSSR count). The Kier molecular flexibility index (Phi) is 5.38. The Labute approximate surface area is 140 Å². The molecule has 122 valence electrons. The number of carbonyl (C=O) groups excluding carboxylic acids is 3. The average molecular weight is 384 g/mol. The number of esters is 1. The van der Waals surface area contributed by atoms with Crippen LogP contribution in [0.5, 0.6) is 0 Å². The van der Waals surface area contributed by atoms with Crippen molar-refractivity contribution in [3.63, 3.8) is 0 Å². The predicted octanol–water partition coefficient (Wildman–Crippen LogP) is 2.93. The van der Waals surface area contributed by atoms with Crippen LogP contribution in [0.3, 0.4) is 0 Å². The van der Waals surface area contributed by atoms with Gasteiger partial charge in [0.25, 0.3) is 5.91 Å². The zero-order valence-electron chi connectivity index (χ0n) is 12.5. The fourth-order valence-corrected chi connectivity index (χ4v) is 2.26. The SMILES string of the molecule is CCOC(=O)NC(=O)COC(=O)c1oc2ccc(Br)cc2c1C. The van der Waals surface area contributed by atoms with Gasteiger partial charge in [-0.3, -0.25) is 10.1 Å². The van der Waals surface area contributed by atoms with Gasteiger partial charge >= 0.3 is 12.1 Å². The number of halogens is 1. The number of furan rings is 1. The maximum absolute atomic E-state index is 12.0. The van der Waals surface area contributed by atoms with Gasteiger partial charge in [0.2, 0.25) is 5.76 Å². The molecule has 0 aliphatic rings. The first-order chi connectivity index (χ1) is 10.9. The normalized spacial score (nSPS) is 10.4. The van der Waals surface area contributed by atoms with E-state index in [1.807, 2.05) is 11.4 Å². The van der Waals surface area contributed by atoms with Gasteiger partial charge in [-0.15, -0.1) is 0 Å². The third kappa shape index (κ3) is 4.10. The van der Waals surface area contributed by atoms with Crippen molar-refractivity contribution >= 4 is 44.9 Å². The lowest BCUT2D eigenvalue weighted by molar-refractivity contribution is -0.123. The monoisotopic (exact) mass is 383 g/mol. The number of hydrogen-bond acceptors (Lipinski definition) is 6. The van der Waals surface area contributed by atoms with E-state index in [4.69, 9.17) is 9.15 Å². The smallest absolute Gasteiger partial charge is 0.413 e. The van der Waals surface area contributed by atoms with Crippen molar-refractivity contribution in [1.29, 1.82) is 0 Å². The minimum absolute atomic E-state index is 0.0158. The van der Waals surface area contributed by atoms with Gasteiger partial charge in [0, 0.05) is 15.4 Å². The molecule has 0 spiro atoms. The molecule has 0 unspecified atom stereocenters. The van der Waals surface area contributed by atoms with Crippen molar-refractivity contribution in [2.75, 3.05) is 13.2 Å². The summed E-state index contributed by atoms with van der Waals surface area (Å²) in [7, 11) is 0. The van der Waals surface area contributed by atoms with E-state index >= 15 is 0 Å². The van der Waals surface area contributed by atoms with Gasteiger partial charge in [0.1, 0.15) is 5.58 Å². The third-order valence-electron chi connectivity index (χ3n) is 2.93. The van der Waals surface area contributed by atoms with E-state index in [2.05, 4.69) is 20.7 Å². The molecule has 1 N–H and O–H groups in total. The van der Waals surface area contributed by atoms with Gasteiger partial charge in [-0.05, 0) is 32.0 Å². The molecule has 0 radical (unpaired) electrons. The van der Waals surface area contributed by atoms with Crippen molar-refractivity contribution in [2.45, 2.75) is 13.8 Å². The fraction of sp³-hybridized carbons (Fsp3) is 0.267. The number of fused-ring (bicyclic) bond motifs is 1. The Morgan fingerprint density at radius 1 is 1.26 bits per heavy atom. The third-order valence-corrected chi connectivity index (χ3v) is 3.43. The molecule has 2 amide bonds. The maximum Gasteiger partial charge on any atom is 0.413 e. The second-order valence-corrected chi connectivity index (χ2v) is 5.46. The molecule has 23 heavy (non-hydrogen) atoms. The highest BCUT2D eigenvalue weighted by molar-refractivity contribution is 9.10. The van der Waals surface area contributed by atoms with Crippen LogP contribution in [-0.4, -0.2) is 31.2 Å². The van der Waals surface area contributed by atoms with E-state index in [-0.39, 0.29) is 12.4 Å². The first kappa shape index (κ1) is 17.0. The van der Waals surface area contributed by atoms with E-state index < -0.39 is 24.6 Å². The summed E-state index contributed by atoms with van der Waals surface area (Å²) in [6, 6.07) is 5.32. The summed E-state index contributed by atoms with van der Waals surface area (Å²) in [4.78, 5) is 34.5. The van der Waals surface area contributed by atoms with Crippen LogP contribution in [0.2, 0.25) is 0 Å². The lowest BCUT2D eigenvalue weighted by Crippen LogP contribution is -2.34. The summed E-state index contributed by atoms with van der Waals surface area (Å²) in [6.07, 6.45) is -0.890. The van der Waals surface area contributed by atoms with Gasteiger partial charge in [0.15, 0.2) is 6.61 Å². The van der Waals surface area contributed by atoms with Crippen LogP contribution in [0, 0.1) is 6.92 Å². The molecule has 8 heteroatoms. The number of aryl methyl sites for hydroxylation is 1. The van der Waals surface area contributed by atoms with Crippen LogP contribution in [0.25, 0.3) is 11.0 Å². The number of imide groups is 1. The molecule has 0 fully saturated rings. The molecule has 0 bridgehead atoms. The highest BCUT2D eigenvalue weighted by Gasteiger charge is 2.20. The molecule has 0 atom stereocenters. The zero-order valence-corrected chi connectivity index (χ0v) is 14.1. The van der Waals surface area contributed by atoms with E-state index in [9.17, 15) is 14.4 Å². The van der Waals surface area contributed by atoms with Gasteiger partial charge in [-0.25, -0.2) is 9.59 Å². The van der Waals surface area contributed by atoms with E-state index in [0.717, 1.165) is 9.86 Å². The molecule has 0 aliphatic carbocycles. The Morgan fingerprint density at radius 2 is 2.00 bits per heavy atom. The number of benzene rings is 1. The topological polar surface area (TPSA) is 94.8 Å². The summed E-state index contributed by atoms with van der Waals surface area (Å²) in [6.45, 7) is 2.84. The number of ether oxygens (including phenoxy) is 2. The second kappa shape index (κ2) is 7.28. The summed E-state index contributed by atoms with van der Waals surface area (Å²) in [5, 5.41) is 2.69. The van der Waals surface area contributed by atoms with Crippen molar-refractivity contribution < 1.29 is 28.3 Å². The van der Waals surface area contributed by atoms with Crippen molar-refractivity contribution in [1.82, 2.24) is 5.32 Å². The van der Waals surface area contributed by atoms with Crippen LogP contribution < -0.4 is 5.32 Å². The summed E-state index contributed by atoms with van der Waals surface area (Å²) < 4.78 is 15.7. The summed E-state index contributed by atoms with van der Waals surface area (Å²) in [5.41, 5.74) is 1.14. The van der Waals surface area contributed by atoms with Gasteiger partial charge in [-0.2, -0.15) is 0 Å². The Balaban J connectivity index is 2.02. The Morgan fingerprint density at radius 3 is 2.70 bits per heavy atom. The predicted molar refractivity (Wildman–Crippen MR) is 84.1 cm³/mol. The summed E-state index contributed by atoms with van der Waals surface area (Å²) >= 11 is 3.34. The highest BCUT2D eigenvalue weighted by atomic mass is 79.9. The van der Waals surface area contributed by atoms with E-state index in [1.165, 1.54) is 0 Å². The van der Waals surface area contributed by atoms with Crippen LogP contribution in [-0.2, 0) is 14.3 Å². The molecule has 0 saturated carbocycles. The average Bonchev–Trinajstić information content (AvgIpc) is 2.82. The minimum Gasteiger partial charge on any atom is -0.450 e. The van der Waals surface area contributed by atoms with Crippen molar-refractivity contribution in [3.8, 4) is 0 Å². The molecule has 1 aromatic carbocycles. The Bertz CT molecular complexity index is 767. The Hall–Kier alpha value is -2.35. The number of alkyl carbamates (subject to hydrolysis) is 1. The minimum atomic E-state index is -0.890. The molecule has 0 aliphatic heterocycles. The number of nitrogens with one attached hydrogen (secondary N) is 1. The van der Waals surface area contributed by atoms with Gasteiger partial charge < -0.3 is 13.9 Å². The molecular weight excluding hydrogens is 370 g/mol. The molecule has 7 nitrogen and oxygen atoms in total. The van der Waals surface area contributed by atoms with Crippen LogP contribution in [0.15, 0.2) is 27.1 Å². The van der Waals surface area contributed by atoms with Gasteiger partial charge in [0.05, 0.1) is 6.61 Å². The number of hydrogen-bond donors (Lipinski definition) is 1. The fourth-order valence-electron chi connectivity index (χ4n) is 1.90. The first-order valence-corrected chi connectivity index (χ1v) is 7.54. The number of rotatable bonds is 4. The zero-order chi connectivity index (χ0) is 17.0. The molecule has 1 heterocycles. The van der Waals surface area contributed by atoms with Gasteiger partial charge in [-0.1, -0.05) is 15.9 Å². The van der Waals surface area contributed by atoms with E-state index in [1.54, 1.807) is 26.0 Å². The second-order valence-electron chi connectivity index (χ2n) is 4.54. The molecule has 1 aromatic heterocycles. The van der Waals surface area contributed by atoms with E-state index in [0.29, 0.717) is 11.1 Å². The first-order valence-electron chi connectivity index (χ1n) is 6.74. The number of amides is 2. The molecular formula is C15H14BrNO6. The number of carbonyl (C=O) groups is 3. The highest BCUT2D eigenvalue weighted by Crippen LogP contribution is 2.28. The summed E-state index contributed by atoms with van der Waals surface area (Å²) in [5.74, 6) is -1.55. The van der Waals surface area contributed by atoms with Crippen LogP contribution in [0.4, 0.5) is 4.79 Å². The lowest BCUT2D eigenvalue weighted by Gasteiger charge is -2.04. The van der Waals surface area contributed by atoms with Crippen molar-refractivity contribution in [2.24, 2.45) is 0 Å². The van der Waals surface area contributed by atoms with Crippen LogP contribution in [0.1, 0.15) is 23.0 Å². The van der Waals surface area contributed by atoms with Crippen molar-refractivity contribution in [3.05, 3.63) is 34.0 Å². The standard InChI is InChI=1S/C15H14BrNO6/c1-3-21-15(20)17-12(18)7-22-14(19)13-8(2)10-6-9(16)4-5-11(10)23-13/h4-6H,3,7H2,1-2H3,(H,17,18,20). The largest absolute Gasteiger partial charge is 0.450 e. The van der Waals surface area contributed by atoms with Crippen LogP contribution >= 0.6 is 15.9 Å². The molecule has 2 aromatic rings.